The molecule has 1 aliphatic carbocycles. The van der Waals surface area contributed by atoms with E-state index in [1.807, 2.05) is 42.6 Å². The van der Waals surface area contributed by atoms with E-state index in [0.717, 1.165) is 73.8 Å². The first kappa shape index (κ1) is 35.2. The molecule has 1 N–H and O–H groups in total. The van der Waals surface area contributed by atoms with Gasteiger partial charge in [0.15, 0.2) is 6.29 Å². The van der Waals surface area contributed by atoms with Gasteiger partial charge in [0.05, 0.1) is 26.0 Å². The largest absolute Gasteiger partial charge is 0.497 e. The molecule has 2 saturated heterocycles. The standard InChI is InChI=1S/C44H51N5O4/c1-30(2)38-7-5-6-8-39(38)40-28-47(27-32-10-12-36(51-3)23-41(32)52-4)19-20-49(40)35-24-44(25-35)14-17-48(18-15-44)34-11-9-33(29-50)42(22-34)53-37-21-31-13-16-45-43(31)46-26-37/h5-13,16,21-23,26,29-30,35,40H,14-15,17-20,24-25,27-28H2,1-4H3,(H,45,46)/t40-/m1/s1. The lowest BCUT2D eigenvalue weighted by Crippen LogP contribution is -2.60. The van der Waals surface area contributed by atoms with Crippen LogP contribution in [0.15, 0.2) is 85.2 Å². The van der Waals surface area contributed by atoms with Gasteiger partial charge in [-0.15, -0.1) is 0 Å². The van der Waals surface area contributed by atoms with E-state index in [4.69, 9.17) is 14.2 Å². The van der Waals surface area contributed by atoms with Crippen molar-refractivity contribution in [1.82, 2.24) is 19.8 Å². The Morgan fingerprint density at radius 2 is 1.74 bits per heavy atom. The summed E-state index contributed by atoms with van der Waals surface area (Å²) < 4.78 is 17.5. The molecular weight excluding hydrogens is 663 g/mol. The van der Waals surface area contributed by atoms with Gasteiger partial charge in [-0.2, -0.15) is 0 Å². The van der Waals surface area contributed by atoms with Crippen molar-refractivity contribution in [2.75, 3.05) is 51.8 Å². The molecule has 2 aromatic heterocycles. The molecule has 0 amide bonds. The summed E-state index contributed by atoms with van der Waals surface area (Å²) >= 11 is 0. The number of methoxy groups -OCH3 is 2. The molecule has 4 heterocycles. The zero-order valence-electron chi connectivity index (χ0n) is 31.4. The molecule has 0 bridgehead atoms. The molecule has 0 radical (unpaired) electrons. The number of aromatic amines is 1. The summed E-state index contributed by atoms with van der Waals surface area (Å²) in [4.78, 5) is 27.4. The third-order valence-corrected chi connectivity index (χ3v) is 12.1. The lowest BCUT2D eigenvalue weighted by Gasteiger charge is -2.58. The summed E-state index contributed by atoms with van der Waals surface area (Å²) in [6, 6.07) is 26.1. The van der Waals surface area contributed by atoms with E-state index in [0.29, 0.717) is 40.5 Å². The fourth-order valence-electron chi connectivity index (χ4n) is 9.10. The van der Waals surface area contributed by atoms with Crippen LogP contribution in [-0.2, 0) is 6.54 Å². The number of H-pyrrole nitrogens is 1. The first-order valence-corrected chi connectivity index (χ1v) is 19.1. The second-order valence-corrected chi connectivity index (χ2v) is 15.5. The van der Waals surface area contributed by atoms with E-state index in [2.05, 4.69) is 74.9 Å². The van der Waals surface area contributed by atoms with Crippen molar-refractivity contribution in [1.29, 1.82) is 0 Å². The van der Waals surface area contributed by atoms with Gasteiger partial charge in [-0.25, -0.2) is 4.98 Å². The van der Waals surface area contributed by atoms with E-state index in [9.17, 15) is 4.79 Å². The zero-order chi connectivity index (χ0) is 36.5. The van der Waals surface area contributed by atoms with Gasteiger partial charge in [-0.05, 0) is 78.5 Å². The Balaban J connectivity index is 0.947. The summed E-state index contributed by atoms with van der Waals surface area (Å²) in [5, 5.41) is 0.970. The zero-order valence-corrected chi connectivity index (χ0v) is 31.4. The molecule has 276 valence electrons. The highest BCUT2D eigenvalue weighted by molar-refractivity contribution is 5.81. The second kappa shape index (κ2) is 14.9. The number of ether oxygens (including phenoxy) is 3. The second-order valence-electron chi connectivity index (χ2n) is 15.5. The number of hydrogen-bond acceptors (Lipinski definition) is 8. The van der Waals surface area contributed by atoms with Crippen LogP contribution < -0.4 is 19.1 Å². The van der Waals surface area contributed by atoms with Gasteiger partial charge in [0.1, 0.15) is 28.6 Å². The number of pyridine rings is 1. The Morgan fingerprint density at radius 1 is 0.906 bits per heavy atom. The van der Waals surface area contributed by atoms with Crippen LogP contribution in [0.25, 0.3) is 11.0 Å². The van der Waals surface area contributed by atoms with Gasteiger partial charge in [-0.3, -0.25) is 14.6 Å². The first-order chi connectivity index (χ1) is 25.8. The van der Waals surface area contributed by atoms with Gasteiger partial charge in [0.2, 0.25) is 0 Å². The quantitative estimate of drug-likeness (QED) is 0.136. The highest BCUT2D eigenvalue weighted by Crippen LogP contribution is 2.53. The van der Waals surface area contributed by atoms with Crippen LogP contribution in [0.3, 0.4) is 0 Å². The predicted octanol–water partition coefficient (Wildman–Crippen LogP) is 8.62. The predicted molar refractivity (Wildman–Crippen MR) is 210 cm³/mol. The molecule has 1 atom stereocenters. The van der Waals surface area contributed by atoms with Crippen LogP contribution in [0.1, 0.15) is 78.5 Å². The van der Waals surface area contributed by atoms with E-state index in [1.165, 1.54) is 42.4 Å². The highest BCUT2D eigenvalue weighted by Gasteiger charge is 2.50. The average Bonchev–Trinajstić information content (AvgIpc) is 3.65. The normalized spacial score (nSPS) is 19.4. The number of piperidine rings is 1. The Hall–Kier alpha value is -4.86. The van der Waals surface area contributed by atoms with Crippen molar-refractivity contribution in [2.24, 2.45) is 5.41 Å². The maximum atomic E-state index is 12.0. The maximum Gasteiger partial charge on any atom is 0.153 e. The van der Waals surface area contributed by atoms with Gasteiger partial charge in [0, 0.05) is 86.3 Å². The molecule has 9 nitrogen and oxygen atoms in total. The SMILES string of the molecule is COc1ccc(CN2CCN(C3CC4(CCN(c5ccc(C=O)c(Oc6cnc7[nH]ccc7c6)c5)CC4)C3)[C@@H](c3ccccc3C(C)C)C2)c(OC)c1. The first-order valence-electron chi connectivity index (χ1n) is 19.1. The molecule has 3 fully saturated rings. The number of nitrogens with one attached hydrogen (secondary N) is 1. The number of benzene rings is 3. The van der Waals surface area contributed by atoms with Gasteiger partial charge in [0.25, 0.3) is 0 Å². The van der Waals surface area contributed by atoms with Gasteiger partial charge < -0.3 is 24.1 Å². The number of rotatable bonds is 11. The Kier molecular flexibility index (Phi) is 9.87. The van der Waals surface area contributed by atoms with E-state index < -0.39 is 0 Å². The van der Waals surface area contributed by atoms with Crippen LogP contribution >= 0.6 is 0 Å². The minimum Gasteiger partial charge on any atom is -0.497 e. The smallest absolute Gasteiger partial charge is 0.153 e. The minimum absolute atomic E-state index is 0.344. The van der Waals surface area contributed by atoms with Crippen LogP contribution in [0.4, 0.5) is 5.69 Å². The number of nitrogens with zero attached hydrogens (tertiary/aromatic N) is 4. The molecule has 53 heavy (non-hydrogen) atoms. The number of anilines is 1. The molecule has 3 aliphatic rings. The molecule has 0 unspecified atom stereocenters. The highest BCUT2D eigenvalue weighted by atomic mass is 16.5. The number of piperazine rings is 1. The fraction of sp³-hybridized carbons (Fsp3) is 0.409. The molecule has 5 aromatic rings. The van der Waals surface area contributed by atoms with Crippen LogP contribution in [0.5, 0.6) is 23.0 Å². The number of aromatic nitrogens is 2. The molecule has 1 saturated carbocycles. The Morgan fingerprint density at radius 3 is 2.51 bits per heavy atom. The lowest BCUT2D eigenvalue weighted by atomic mass is 9.59. The minimum atomic E-state index is 0.344. The molecule has 1 spiro atoms. The number of aldehydes is 1. The molecule has 2 aliphatic heterocycles. The van der Waals surface area contributed by atoms with Crippen molar-refractivity contribution < 1.29 is 19.0 Å². The summed E-state index contributed by atoms with van der Waals surface area (Å²) in [5.41, 5.74) is 6.96. The maximum absolute atomic E-state index is 12.0. The Bertz CT molecular complexity index is 2060. The van der Waals surface area contributed by atoms with E-state index in [-0.39, 0.29) is 0 Å². The van der Waals surface area contributed by atoms with E-state index in [1.54, 1.807) is 20.4 Å². The van der Waals surface area contributed by atoms with E-state index >= 15 is 0 Å². The summed E-state index contributed by atoms with van der Waals surface area (Å²) in [6.45, 7) is 10.6. The van der Waals surface area contributed by atoms with Crippen molar-refractivity contribution >= 4 is 23.0 Å². The average molecular weight is 714 g/mol. The number of carbonyl (C=O) groups is 1. The fourth-order valence-corrected chi connectivity index (χ4v) is 9.10. The van der Waals surface area contributed by atoms with Crippen molar-refractivity contribution in [2.45, 2.75) is 64.1 Å². The number of hydrogen-bond donors (Lipinski definition) is 1. The summed E-state index contributed by atoms with van der Waals surface area (Å²) in [6.07, 6.45) is 9.27. The third kappa shape index (κ3) is 7.12. The Labute approximate surface area is 312 Å². The number of fused-ring (bicyclic) bond motifs is 1. The van der Waals surface area contributed by atoms with Crippen molar-refractivity contribution in [3.8, 4) is 23.0 Å². The summed E-state index contributed by atoms with van der Waals surface area (Å²) in [5.74, 6) is 3.35. The topological polar surface area (TPSA) is 83.2 Å². The third-order valence-electron chi connectivity index (χ3n) is 12.1. The van der Waals surface area contributed by atoms with Crippen molar-refractivity contribution in [3.05, 3.63) is 107 Å². The van der Waals surface area contributed by atoms with Crippen LogP contribution in [-0.4, -0.2) is 79.0 Å². The number of carbonyl (C=O) groups excluding carboxylic acids is 1. The van der Waals surface area contributed by atoms with Gasteiger partial charge >= 0.3 is 0 Å². The summed E-state index contributed by atoms with van der Waals surface area (Å²) in [7, 11) is 3.44. The van der Waals surface area contributed by atoms with Crippen LogP contribution in [0, 0.1) is 5.41 Å². The molecular formula is C44H51N5O4. The lowest BCUT2D eigenvalue weighted by molar-refractivity contribution is -0.0628. The van der Waals surface area contributed by atoms with Crippen molar-refractivity contribution in [3.63, 3.8) is 0 Å². The molecule has 9 heteroatoms. The molecule has 3 aromatic carbocycles. The van der Waals surface area contributed by atoms with Crippen LogP contribution in [0.2, 0.25) is 0 Å². The van der Waals surface area contributed by atoms with Gasteiger partial charge in [-0.1, -0.05) is 44.2 Å². The monoisotopic (exact) mass is 713 g/mol. The molecule has 8 rings (SSSR count).